The monoisotopic (exact) mass is 277 g/mol. The summed E-state index contributed by atoms with van der Waals surface area (Å²) in [4.78, 5) is 18.2. The van der Waals surface area contributed by atoms with E-state index in [1.807, 2.05) is 11.8 Å². The number of carbonyl (C=O) groups excluding carboxylic acids is 1. The number of likely N-dealkylation sites (tertiary alicyclic amines) is 1. The maximum Gasteiger partial charge on any atom is 0.257 e. The third-order valence-corrected chi connectivity index (χ3v) is 4.48. The van der Waals surface area contributed by atoms with Crippen LogP contribution in [0.15, 0.2) is 12.3 Å². The van der Waals surface area contributed by atoms with Gasteiger partial charge in [-0.1, -0.05) is 6.42 Å². The zero-order valence-electron chi connectivity index (χ0n) is 11.7. The quantitative estimate of drug-likeness (QED) is 0.923. The van der Waals surface area contributed by atoms with Crippen LogP contribution in [0.25, 0.3) is 0 Å². The van der Waals surface area contributed by atoms with Crippen LogP contribution in [0, 0.1) is 17.7 Å². The van der Waals surface area contributed by atoms with E-state index in [0.717, 1.165) is 13.1 Å². The van der Waals surface area contributed by atoms with Crippen LogP contribution in [-0.2, 0) is 0 Å². The van der Waals surface area contributed by atoms with Gasteiger partial charge in [-0.25, -0.2) is 9.37 Å². The van der Waals surface area contributed by atoms with E-state index in [0.29, 0.717) is 18.4 Å². The van der Waals surface area contributed by atoms with Crippen molar-refractivity contribution in [1.82, 2.24) is 9.88 Å². The van der Waals surface area contributed by atoms with Crippen molar-refractivity contribution in [3.05, 3.63) is 23.6 Å². The van der Waals surface area contributed by atoms with E-state index in [9.17, 15) is 9.18 Å². The molecule has 2 fully saturated rings. The van der Waals surface area contributed by atoms with Crippen molar-refractivity contribution >= 4 is 11.7 Å². The summed E-state index contributed by atoms with van der Waals surface area (Å²) in [5, 5.41) is 2.84. The lowest BCUT2D eigenvalue weighted by Gasteiger charge is -2.18. The van der Waals surface area contributed by atoms with Crippen LogP contribution in [0.5, 0.6) is 0 Å². The molecule has 1 aromatic rings. The fourth-order valence-electron chi connectivity index (χ4n) is 3.47. The van der Waals surface area contributed by atoms with Crippen LogP contribution >= 0.6 is 0 Å². The maximum atomic E-state index is 14.3. The minimum Gasteiger partial charge on any atom is -0.368 e. The van der Waals surface area contributed by atoms with E-state index >= 15 is 0 Å². The molecule has 1 amide bonds. The molecule has 1 aromatic heterocycles. The van der Waals surface area contributed by atoms with Gasteiger partial charge in [-0.05, 0) is 37.7 Å². The summed E-state index contributed by atoms with van der Waals surface area (Å²) < 4.78 is 14.3. The Morgan fingerprint density at radius 3 is 2.80 bits per heavy atom. The average Bonchev–Trinajstić information content (AvgIpc) is 3.01. The third-order valence-electron chi connectivity index (χ3n) is 4.48. The minimum absolute atomic E-state index is 0.135. The highest BCUT2D eigenvalue weighted by Crippen LogP contribution is 2.38. The van der Waals surface area contributed by atoms with Gasteiger partial charge < -0.3 is 10.2 Å². The Labute approximate surface area is 118 Å². The number of carbonyl (C=O) groups is 1. The first-order valence-corrected chi connectivity index (χ1v) is 7.38. The second-order valence-corrected chi connectivity index (χ2v) is 5.71. The van der Waals surface area contributed by atoms with Crippen LogP contribution < -0.4 is 5.32 Å². The zero-order chi connectivity index (χ0) is 14.1. The van der Waals surface area contributed by atoms with E-state index in [1.165, 1.54) is 31.5 Å². The molecule has 3 rings (SSSR count). The molecular formula is C15H20FN3O. The van der Waals surface area contributed by atoms with Gasteiger partial charge in [-0.15, -0.1) is 0 Å². The van der Waals surface area contributed by atoms with Gasteiger partial charge in [0.15, 0.2) is 11.6 Å². The summed E-state index contributed by atoms with van der Waals surface area (Å²) in [7, 11) is 0. The van der Waals surface area contributed by atoms with Gasteiger partial charge in [-0.2, -0.15) is 0 Å². The molecular weight excluding hydrogens is 257 g/mol. The molecule has 20 heavy (non-hydrogen) atoms. The van der Waals surface area contributed by atoms with E-state index in [-0.39, 0.29) is 17.3 Å². The number of rotatable bonds is 3. The second-order valence-electron chi connectivity index (χ2n) is 5.71. The number of aromatic nitrogens is 1. The summed E-state index contributed by atoms with van der Waals surface area (Å²) in [6.07, 6.45) is 5.17. The molecule has 5 heteroatoms. The number of hydrogen-bond acceptors (Lipinski definition) is 3. The number of nitrogens with zero attached hydrogens (tertiary/aromatic N) is 2. The number of hydrogen-bond donors (Lipinski definition) is 1. The van der Waals surface area contributed by atoms with Gasteiger partial charge in [0.1, 0.15) is 0 Å². The highest BCUT2D eigenvalue weighted by molar-refractivity contribution is 5.95. The van der Waals surface area contributed by atoms with E-state index < -0.39 is 5.82 Å². The molecule has 0 spiro atoms. The van der Waals surface area contributed by atoms with Crippen LogP contribution in [0.4, 0.5) is 10.2 Å². The van der Waals surface area contributed by atoms with Gasteiger partial charge in [-0.3, -0.25) is 4.79 Å². The van der Waals surface area contributed by atoms with Crippen molar-refractivity contribution < 1.29 is 9.18 Å². The molecule has 1 aliphatic carbocycles. The van der Waals surface area contributed by atoms with Crippen molar-refractivity contribution in [2.75, 3.05) is 25.0 Å². The van der Waals surface area contributed by atoms with Crippen molar-refractivity contribution in [3.8, 4) is 0 Å². The van der Waals surface area contributed by atoms with Crippen LogP contribution in [0.2, 0.25) is 0 Å². The zero-order valence-corrected chi connectivity index (χ0v) is 11.7. The molecule has 1 N–H and O–H groups in total. The van der Waals surface area contributed by atoms with Crippen molar-refractivity contribution in [1.29, 1.82) is 0 Å². The van der Waals surface area contributed by atoms with Gasteiger partial charge in [0, 0.05) is 25.8 Å². The molecule has 4 nitrogen and oxygen atoms in total. The predicted octanol–water partition coefficient (Wildman–Crippen LogP) is 2.52. The minimum atomic E-state index is -0.531. The predicted molar refractivity (Wildman–Crippen MR) is 75.1 cm³/mol. The number of halogens is 1. The first-order valence-electron chi connectivity index (χ1n) is 7.38. The molecule has 1 saturated heterocycles. The molecule has 0 aromatic carbocycles. The summed E-state index contributed by atoms with van der Waals surface area (Å²) in [6.45, 7) is 4.01. The number of fused-ring (bicyclic) bond motifs is 1. The Hall–Kier alpha value is -1.65. The largest absolute Gasteiger partial charge is 0.368 e. The fraction of sp³-hybridized carbons (Fsp3) is 0.600. The average molecular weight is 277 g/mol. The van der Waals surface area contributed by atoms with E-state index in [4.69, 9.17) is 0 Å². The van der Waals surface area contributed by atoms with Crippen molar-refractivity contribution in [3.63, 3.8) is 0 Å². The van der Waals surface area contributed by atoms with Gasteiger partial charge in [0.2, 0.25) is 0 Å². The first kappa shape index (κ1) is 13.3. The Bertz CT molecular complexity index is 508. The molecule has 0 radical (unpaired) electrons. The molecule has 1 aliphatic heterocycles. The third kappa shape index (κ3) is 2.25. The lowest BCUT2D eigenvalue weighted by atomic mass is 10.0. The lowest BCUT2D eigenvalue weighted by Crippen LogP contribution is -2.30. The molecule has 108 valence electrons. The number of anilines is 1. The number of nitrogens with one attached hydrogen (secondary N) is 1. The molecule has 1 saturated carbocycles. The number of pyridine rings is 1. The smallest absolute Gasteiger partial charge is 0.257 e. The van der Waals surface area contributed by atoms with E-state index in [1.54, 1.807) is 0 Å². The Kier molecular flexibility index (Phi) is 3.59. The van der Waals surface area contributed by atoms with Crippen LogP contribution in [0.1, 0.15) is 36.5 Å². The topological polar surface area (TPSA) is 45.2 Å². The number of amides is 1. The summed E-state index contributed by atoms with van der Waals surface area (Å²) >= 11 is 0. The molecule has 2 aliphatic rings. The maximum absolute atomic E-state index is 14.3. The summed E-state index contributed by atoms with van der Waals surface area (Å²) in [5.74, 6) is 0.682. The van der Waals surface area contributed by atoms with E-state index in [2.05, 4.69) is 10.3 Å². The molecule has 2 heterocycles. The van der Waals surface area contributed by atoms with Crippen molar-refractivity contribution in [2.45, 2.75) is 26.2 Å². The molecule has 2 unspecified atom stereocenters. The summed E-state index contributed by atoms with van der Waals surface area (Å²) in [5.41, 5.74) is 0.135. The highest BCUT2D eigenvalue weighted by Gasteiger charge is 2.38. The van der Waals surface area contributed by atoms with Crippen LogP contribution in [-0.4, -0.2) is 35.4 Å². The summed E-state index contributed by atoms with van der Waals surface area (Å²) in [6, 6.07) is 1.48. The van der Waals surface area contributed by atoms with Gasteiger partial charge in [0.25, 0.3) is 5.91 Å². The van der Waals surface area contributed by atoms with Crippen LogP contribution in [0.3, 0.4) is 0 Å². The second kappa shape index (κ2) is 5.38. The standard InChI is InChI=1S/C15H20FN3O/c1-2-17-14-13(16)12(6-7-18-14)15(20)19-8-10-4-3-5-11(10)9-19/h6-7,10-11H,2-5,8-9H2,1H3,(H,17,18). The van der Waals surface area contributed by atoms with Gasteiger partial charge in [0.05, 0.1) is 5.56 Å². The van der Waals surface area contributed by atoms with Gasteiger partial charge >= 0.3 is 0 Å². The normalized spacial score (nSPS) is 24.8. The fourth-order valence-corrected chi connectivity index (χ4v) is 3.47. The SMILES string of the molecule is CCNc1nccc(C(=O)N2CC3CCCC3C2)c1F. The Morgan fingerprint density at radius 1 is 1.45 bits per heavy atom. The molecule has 0 bridgehead atoms. The Morgan fingerprint density at radius 2 is 2.15 bits per heavy atom. The lowest BCUT2D eigenvalue weighted by molar-refractivity contribution is 0.0776. The highest BCUT2D eigenvalue weighted by atomic mass is 19.1. The Balaban J connectivity index is 1.79. The molecule has 2 atom stereocenters. The van der Waals surface area contributed by atoms with Crippen molar-refractivity contribution in [2.24, 2.45) is 11.8 Å². The first-order chi connectivity index (χ1) is 9.70.